The number of rotatable bonds is 19. The predicted octanol–water partition coefficient (Wildman–Crippen LogP) is 9.58. The van der Waals surface area contributed by atoms with Crippen molar-refractivity contribution >= 4 is 35.0 Å². The molecule has 0 atom stereocenters. The zero-order valence-corrected chi connectivity index (χ0v) is 24.6. The smallest absolute Gasteiger partial charge is 0.228 e. The molecule has 0 bridgehead atoms. The summed E-state index contributed by atoms with van der Waals surface area (Å²) in [6, 6.07) is 13.6. The van der Waals surface area contributed by atoms with Gasteiger partial charge in [-0.2, -0.15) is 0 Å². The zero-order valence-electron chi connectivity index (χ0n) is 23.1. The summed E-state index contributed by atoms with van der Waals surface area (Å²) in [6.45, 7) is 3.70. The Balaban J connectivity index is 1.33. The molecule has 208 valence electrons. The topological polar surface area (TPSA) is 41.6 Å². The molecule has 0 radical (unpaired) electrons. The number of nitrogens with zero attached hydrogens (tertiary/aromatic N) is 1. The van der Waals surface area contributed by atoms with Crippen LogP contribution in [0.5, 0.6) is 5.75 Å². The molecule has 0 saturated carbocycles. The molecule has 2 aromatic carbocycles. The average molecular weight is 557 g/mol. The zero-order chi connectivity index (χ0) is 26.8. The Bertz CT molecular complexity index is 997. The first kappa shape index (κ1) is 30.4. The predicted molar refractivity (Wildman–Crippen MR) is 164 cm³/mol. The van der Waals surface area contributed by atoms with Crippen LogP contribution in [0.1, 0.15) is 95.1 Å². The number of thioether (sulfide) groups is 1. The van der Waals surface area contributed by atoms with Gasteiger partial charge in [-0.15, -0.1) is 11.8 Å². The van der Waals surface area contributed by atoms with Crippen LogP contribution >= 0.6 is 23.4 Å². The summed E-state index contributed by atoms with van der Waals surface area (Å²) in [6.07, 6.45) is 18.2. The molecule has 38 heavy (non-hydrogen) atoms. The van der Waals surface area contributed by atoms with Crippen LogP contribution in [-0.4, -0.2) is 23.3 Å². The van der Waals surface area contributed by atoms with E-state index in [0.29, 0.717) is 17.4 Å². The fourth-order valence-electron chi connectivity index (χ4n) is 4.68. The van der Waals surface area contributed by atoms with Gasteiger partial charge in [0.15, 0.2) is 0 Å². The number of carbonyl (C=O) groups is 1. The van der Waals surface area contributed by atoms with Gasteiger partial charge in [0.05, 0.1) is 23.9 Å². The van der Waals surface area contributed by atoms with Gasteiger partial charge in [-0.25, -0.2) is 0 Å². The lowest BCUT2D eigenvalue weighted by molar-refractivity contribution is -0.115. The number of carbonyl (C=O) groups excluding carboxylic acids is 1. The quantitative estimate of drug-likeness (QED) is 0.175. The van der Waals surface area contributed by atoms with Crippen molar-refractivity contribution in [2.45, 2.75) is 96.9 Å². The Kier molecular flexibility index (Phi) is 14.6. The van der Waals surface area contributed by atoms with Crippen molar-refractivity contribution in [2.24, 2.45) is 0 Å². The van der Waals surface area contributed by atoms with Crippen molar-refractivity contribution in [2.75, 3.05) is 17.8 Å². The number of para-hydroxylation sites is 1. The van der Waals surface area contributed by atoms with Gasteiger partial charge in [-0.05, 0) is 41.2 Å². The van der Waals surface area contributed by atoms with Gasteiger partial charge in [0.2, 0.25) is 5.91 Å². The Morgan fingerprint density at radius 1 is 0.947 bits per heavy atom. The Morgan fingerprint density at radius 3 is 2.32 bits per heavy atom. The van der Waals surface area contributed by atoms with Crippen molar-refractivity contribution in [3.8, 4) is 5.75 Å². The maximum Gasteiger partial charge on any atom is 0.228 e. The molecular weight excluding hydrogens is 512 g/mol. The number of ether oxygens (including phenoxy) is 1. The molecule has 3 rings (SSSR count). The van der Waals surface area contributed by atoms with Crippen LogP contribution in [0, 0.1) is 0 Å². The second-order valence-corrected chi connectivity index (χ2v) is 11.5. The highest BCUT2D eigenvalue weighted by molar-refractivity contribution is 8.02. The molecule has 0 aliphatic carbocycles. The number of anilines is 1. The summed E-state index contributed by atoms with van der Waals surface area (Å²) in [7, 11) is 0. The molecule has 0 spiro atoms. The van der Waals surface area contributed by atoms with E-state index in [1.54, 1.807) is 11.8 Å². The van der Waals surface area contributed by atoms with Crippen LogP contribution in [0.2, 0.25) is 5.02 Å². The monoisotopic (exact) mass is 556 g/mol. The lowest BCUT2D eigenvalue weighted by Crippen LogP contribution is -2.18. The van der Waals surface area contributed by atoms with Gasteiger partial charge in [0.25, 0.3) is 0 Å². The Hall–Kier alpha value is -2.11. The molecule has 1 amide bonds. The van der Waals surface area contributed by atoms with Crippen LogP contribution in [-0.2, 0) is 17.8 Å². The molecule has 4 nitrogen and oxygen atoms in total. The van der Waals surface area contributed by atoms with E-state index in [2.05, 4.69) is 34.8 Å². The van der Waals surface area contributed by atoms with Crippen LogP contribution < -0.4 is 10.1 Å². The number of hydrogen-bond acceptors (Lipinski definition) is 4. The van der Waals surface area contributed by atoms with E-state index in [1.165, 1.54) is 70.6 Å². The van der Waals surface area contributed by atoms with Gasteiger partial charge in [-0.3, -0.25) is 4.79 Å². The van der Waals surface area contributed by atoms with E-state index in [-0.39, 0.29) is 12.3 Å². The highest BCUT2D eigenvalue weighted by Gasteiger charge is 2.12. The number of nitrogens with one attached hydrogen (secondary N) is 1. The van der Waals surface area contributed by atoms with E-state index < -0.39 is 0 Å². The third-order valence-electron chi connectivity index (χ3n) is 6.89. The summed E-state index contributed by atoms with van der Waals surface area (Å²) in [5.74, 6) is 1.56. The lowest BCUT2D eigenvalue weighted by Gasteiger charge is -2.18. The number of hydrogen-bond donors (Lipinski definition) is 1. The summed E-state index contributed by atoms with van der Waals surface area (Å²) in [5.41, 5.74) is 2.86. The molecule has 2 aromatic rings. The fraction of sp³-hybridized carbons (Fsp3) is 0.531. The third kappa shape index (κ3) is 11.7. The standard InChI is InChI=1S/C32H45ClN2O2S/c1-2-3-4-5-6-7-8-9-10-11-12-15-21-37-31-23-27(18-19-29(31)33)24-32(36)34-30-17-14-13-16-28(30)25-35-20-22-38-26-35/h13-14,16-20,22-23H,2-12,15,21,24-26H2,1H3,(H,34,36). The maximum atomic E-state index is 12.8. The summed E-state index contributed by atoms with van der Waals surface area (Å²) < 4.78 is 5.99. The normalized spacial score (nSPS) is 12.7. The molecule has 0 saturated heterocycles. The van der Waals surface area contributed by atoms with E-state index in [4.69, 9.17) is 16.3 Å². The first-order valence-electron chi connectivity index (χ1n) is 14.5. The van der Waals surface area contributed by atoms with E-state index in [0.717, 1.165) is 35.7 Å². The number of halogens is 1. The minimum atomic E-state index is -0.0435. The van der Waals surface area contributed by atoms with Crippen LogP contribution in [0.25, 0.3) is 0 Å². The van der Waals surface area contributed by atoms with Crippen LogP contribution in [0.3, 0.4) is 0 Å². The highest BCUT2D eigenvalue weighted by Crippen LogP contribution is 2.27. The highest BCUT2D eigenvalue weighted by atomic mass is 35.5. The van der Waals surface area contributed by atoms with Crippen molar-refractivity contribution in [3.63, 3.8) is 0 Å². The minimum absolute atomic E-state index is 0.0435. The molecule has 1 heterocycles. The Morgan fingerprint density at radius 2 is 1.63 bits per heavy atom. The van der Waals surface area contributed by atoms with E-state index >= 15 is 0 Å². The third-order valence-corrected chi connectivity index (χ3v) is 8.00. The minimum Gasteiger partial charge on any atom is -0.492 e. The lowest BCUT2D eigenvalue weighted by atomic mass is 10.1. The SMILES string of the molecule is CCCCCCCCCCCCCCOc1cc(CC(=O)Nc2ccccc2CN2C=CSC2)ccc1Cl. The molecule has 1 aliphatic heterocycles. The fourth-order valence-corrected chi connectivity index (χ4v) is 5.57. The van der Waals surface area contributed by atoms with Crippen molar-refractivity contribution in [3.05, 3.63) is 70.2 Å². The van der Waals surface area contributed by atoms with Gasteiger partial charge in [0, 0.05) is 18.4 Å². The van der Waals surface area contributed by atoms with Crippen LogP contribution in [0.4, 0.5) is 5.69 Å². The van der Waals surface area contributed by atoms with E-state index in [1.807, 2.05) is 36.4 Å². The number of amides is 1. The van der Waals surface area contributed by atoms with Gasteiger partial charge in [-0.1, -0.05) is 113 Å². The van der Waals surface area contributed by atoms with Crippen molar-refractivity contribution in [1.29, 1.82) is 0 Å². The van der Waals surface area contributed by atoms with Crippen molar-refractivity contribution < 1.29 is 9.53 Å². The van der Waals surface area contributed by atoms with Crippen LogP contribution in [0.15, 0.2) is 54.1 Å². The number of benzene rings is 2. The molecular formula is C32H45ClN2O2S. The first-order valence-corrected chi connectivity index (χ1v) is 15.9. The second kappa shape index (κ2) is 18.2. The summed E-state index contributed by atoms with van der Waals surface area (Å²) in [5, 5.41) is 5.78. The molecule has 1 aliphatic rings. The van der Waals surface area contributed by atoms with Gasteiger partial charge >= 0.3 is 0 Å². The van der Waals surface area contributed by atoms with Crippen molar-refractivity contribution in [1.82, 2.24) is 4.90 Å². The second-order valence-electron chi connectivity index (χ2n) is 10.2. The van der Waals surface area contributed by atoms with Gasteiger partial charge in [0.1, 0.15) is 5.75 Å². The molecule has 0 fully saturated rings. The van der Waals surface area contributed by atoms with E-state index in [9.17, 15) is 4.79 Å². The first-order chi connectivity index (χ1) is 18.7. The largest absolute Gasteiger partial charge is 0.492 e. The van der Waals surface area contributed by atoms with Gasteiger partial charge < -0.3 is 15.0 Å². The Labute approximate surface area is 239 Å². The number of unbranched alkanes of at least 4 members (excludes halogenated alkanes) is 11. The molecule has 0 aromatic heterocycles. The average Bonchev–Trinajstić information content (AvgIpc) is 3.43. The maximum absolute atomic E-state index is 12.8. The summed E-state index contributed by atoms with van der Waals surface area (Å²) >= 11 is 8.15. The summed E-state index contributed by atoms with van der Waals surface area (Å²) in [4.78, 5) is 15.1. The molecule has 0 unspecified atom stereocenters. The molecule has 6 heteroatoms. The molecule has 1 N–H and O–H groups in total.